The van der Waals surface area contributed by atoms with E-state index in [0.29, 0.717) is 0 Å². The number of carbonyl (C=O) groups excluding carboxylic acids is 1. The summed E-state index contributed by atoms with van der Waals surface area (Å²) in [7, 11) is 2.14. The highest BCUT2D eigenvalue weighted by Crippen LogP contribution is 2.33. The largest absolute Gasteiger partial charge is 0.354 e. The summed E-state index contributed by atoms with van der Waals surface area (Å²) < 4.78 is 0.216. The topological polar surface area (TPSA) is 32.3 Å². The number of alkyl halides is 1. The summed E-state index contributed by atoms with van der Waals surface area (Å²) in [5.74, 6) is -0.00584. The molecule has 1 aliphatic rings. The van der Waals surface area contributed by atoms with E-state index in [2.05, 4.69) is 23.5 Å². The van der Waals surface area contributed by atoms with Crippen molar-refractivity contribution in [2.45, 2.75) is 17.6 Å². The number of thioether (sulfide) groups is 1. The molecule has 0 saturated carbocycles. The number of amides is 1. The van der Waals surface area contributed by atoms with E-state index in [1.165, 1.54) is 0 Å². The van der Waals surface area contributed by atoms with Crippen molar-refractivity contribution in [3.05, 3.63) is 0 Å². The number of hydrogen-bond acceptors (Lipinski definition) is 3. The van der Waals surface area contributed by atoms with Gasteiger partial charge in [-0.25, -0.2) is 0 Å². The molecule has 1 heterocycles. The van der Waals surface area contributed by atoms with Crippen molar-refractivity contribution >= 4 is 41.7 Å². The molecule has 6 heteroatoms. The van der Waals surface area contributed by atoms with Gasteiger partial charge in [-0.1, -0.05) is 0 Å². The minimum atomic E-state index is -0.0657. The van der Waals surface area contributed by atoms with Gasteiger partial charge in [0.2, 0.25) is 5.91 Å². The Hall–Kier alpha value is 0.360. The van der Waals surface area contributed by atoms with E-state index in [-0.39, 0.29) is 28.9 Å². The Morgan fingerprint density at radius 1 is 1.50 bits per heavy atom. The van der Waals surface area contributed by atoms with Crippen LogP contribution in [0, 0.1) is 0 Å². The zero-order valence-corrected chi connectivity index (χ0v) is 12.2. The van der Waals surface area contributed by atoms with Gasteiger partial charge in [0, 0.05) is 11.3 Å². The highest BCUT2D eigenvalue weighted by molar-refractivity contribution is 8.00. The molecule has 1 aliphatic heterocycles. The number of likely N-dealkylation sites (tertiary alicyclic amines) is 1. The van der Waals surface area contributed by atoms with Crippen molar-refractivity contribution in [1.29, 1.82) is 0 Å². The smallest absolute Gasteiger partial charge is 0.234 e. The van der Waals surface area contributed by atoms with E-state index in [1.54, 1.807) is 0 Å². The molecule has 1 saturated heterocycles. The van der Waals surface area contributed by atoms with Gasteiger partial charge >= 0.3 is 0 Å². The first-order chi connectivity index (χ1) is 7.12. The Labute approximate surface area is 113 Å². The number of halogens is 2. The number of nitrogens with one attached hydrogen (secondary N) is 1. The van der Waals surface area contributed by atoms with Gasteiger partial charge in [-0.05, 0) is 39.2 Å². The number of rotatable bonds is 4. The Kier molecular flexibility index (Phi) is 7.81. The van der Waals surface area contributed by atoms with E-state index in [1.807, 2.05) is 11.8 Å². The molecule has 1 rings (SSSR count). The molecule has 0 unspecified atom stereocenters. The third kappa shape index (κ3) is 4.70. The van der Waals surface area contributed by atoms with Crippen LogP contribution in [0.2, 0.25) is 0 Å². The molecule has 96 valence electrons. The number of hydrogen-bond donors (Lipinski definition) is 1. The second-order valence-electron chi connectivity index (χ2n) is 4.10. The first kappa shape index (κ1) is 16.4. The second-order valence-corrected chi connectivity index (χ2v) is 5.64. The predicted molar refractivity (Wildman–Crippen MR) is 74.0 cm³/mol. The second kappa shape index (κ2) is 7.64. The summed E-state index contributed by atoms with van der Waals surface area (Å²) in [6, 6.07) is 0. The number of piperidine rings is 1. The number of carbonyl (C=O) groups is 1. The SMILES string of the molecule is CSC1(CNC(=O)CCl)CCN(C)CC1.Cl. The minimum Gasteiger partial charge on any atom is -0.354 e. The predicted octanol–water partition coefficient (Wildman–Crippen LogP) is 1.59. The van der Waals surface area contributed by atoms with Crippen LogP contribution >= 0.6 is 35.8 Å². The molecule has 0 radical (unpaired) electrons. The van der Waals surface area contributed by atoms with Gasteiger partial charge in [-0.2, -0.15) is 11.8 Å². The van der Waals surface area contributed by atoms with Crippen LogP contribution in [0.25, 0.3) is 0 Å². The van der Waals surface area contributed by atoms with Gasteiger partial charge in [0.15, 0.2) is 0 Å². The van der Waals surface area contributed by atoms with Gasteiger partial charge in [-0.3, -0.25) is 4.79 Å². The molecule has 1 amide bonds. The maximum absolute atomic E-state index is 11.1. The summed E-state index contributed by atoms with van der Waals surface area (Å²) in [4.78, 5) is 13.4. The average molecular weight is 287 g/mol. The molecule has 3 nitrogen and oxygen atoms in total. The van der Waals surface area contributed by atoms with Crippen molar-refractivity contribution < 1.29 is 4.79 Å². The lowest BCUT2D eigenvalue weighted by Gasteiger charge is -2.39. The van der Waals surface area contributed by atoms with Crippen molar-refractivity contribution in [3.63, 3.8) is 0 Å². The molecule has 0 atom stereocenters. The summed E-state index contributed by atoms with van der Waals surface area (Å²) in [6.45, 7) is 2.96. The molecule has 0 aromatic carbocycles. The van der Waals surface area contributed by atoms with Crippen molar-refractivity contribution in [2.24, 2.45) is 0 Å². The molecule has 0 aliphatic carbocycles. The molecule has 16 heavy (non-hydrogen) atoms. The Morgan fingerprint density at radius 3 is 2.50 bits per heavy atom. The molecular formula is C10H20Cl2N2OS. The molecule has 0 spiro atoms. The lowest BCUT2D eigenvalue weighted by atomic mass is 9.96. The highest BCUT2D eigenvalue weighted by Gasteiger charge is 2.32. The standard InChI is InChI=1S/C10H19ClN2OS.ClH/c1-13-5-3-10(15-2,4-6-13)8-12-9(14)7-11;/h3-8H2,1-2H3,(H,12,14);1H. The normalized spacial score (nSPS) is 19.9. The van der Waals surface area contributed by atoms with Gasteiger partial charge in [0.1, 0.15) is 5.88 Å². The van der Waals surface area contributed by atoms with E-state index >= 15 is 0 Å². The average Bonchev–Trinajstić information content (AvgIpc) is 2.28. The lowest BCUT2D eigenvalue weighted by molar-refractivity contribution is -0.118. The Balaban J connectivity index is 0.00000225. The van der Waals surface area contributed by atoms with E-state index in [0.717, 1.165) is 32.5 Å². The van der Waals surface area contributed by atoms with Crippen LogP contribution in [0.1, 0.15) is 12.8 Å². The first-order valence-electron chi connectivity index (χ1n) is 5.18. The van der Waals surface area contributed by atoms with Crippen LogP contribution in [0.5, 0.6) is 0 Å². The van der Waals surface area contributed by atoms with Crippen molar-refractivity contribution in [2.75, 3.05) is 38.8 Å². The number of nitrogens with zero attached hydrogens (tertiary/aromatic N) is 1. The molecule has 0 bridgehead atoms. The maximum atomic E-state index is 11.1. The summed E-state index contributed by atoms with van der Waals surface area (Å²) >= 11 is 7.32. The zero-order chi connectivity index (χ0) is 11.3. The highest BCUT2D eigenvalue weighted by atomic mass is 35.5. The lowest BCUT2D eigenvalue weighted by Crippen LogP contribution is -2.48. The van der Waals surface area contributed by atoms with Crippen LogP contribution in [-0.4, -0.2) is 54.4 Å². The van der Waals surface area contributed by atoms with E-state index in [4.69, 9.17) is 11.6 Å². The summed E-state index contributed by atoms with van der Waals surface area (Å²) in [6.07, 6.45) is 4.39. The Bertz CT molecular complexity index is 221. The van der Waals surface area contributed by atoms with Crippen LogP contribution in [0.15, 0.2) is 0 Å². The quantitative estimate of drug-likeness (QED) is 0.797. The fraction of sp³-hybridized carbons (Fsp3) is 0.900. The fourth-order valence-corrected chi connectivity index (χ4v) is 2.69. The Morgan fingerprint density at radius 2 is 2.06 bits per heavy atom. The zero-order valence-electron chi connectivity index (χ0n) is 9.79. The molecule has 0 aromatic rings. The minimum absolute atomic E-state index is 0. The van der Waals surface area contributed by atoms with Crippen LogP contribution in [0.4, 0.5) is 0 Å². The van der Waals surface area contributed by atoms with Gasteiger partial charge in [-0.15, -0.1) is 24.0 Å². The summed E-state index contributed by atoms with van der Waals surface area (Å²) in [5, 5.41) is 2.90. The van der Waals surface area contributed by atoms with Crippen LogP contribution < -0.4 is 5.32 Å². The fourth-order valence-electron chi connectivity index (χ4n) is 1.79. The molecular weight excluding hydrogens is 267 g/mol. The first-order valence-corrected chi connectivity index (χ1v) is 6.94. The van der Waals surface area contributed by atoms with Gasteiger partial charge in [0.25, 0.3) is 0 Å². The molecule has 1 N–H and O–H groups in total. The van der Waals surface area contributed by atoms with Gasteiger partial charge in [0.05, 0.1) is 0 Å². The van der Waals surface area contributed by atoms with E-state index < -0.39 is 0 Å². The van der Waals surface area contributed by atoms with Crippen molar-refractivity contribution in [1.82, 2.24) is 10.2 Å². The van der Waals surface area contributed by atoms with Crippen molar-refractivity contribution in [3.8, 4) is 0 Å². The molecule has 0 aromatic heterocycles. The maximum Gasteiger partial charge on any atom is 0.234 e. The van der Waals surface area contributed by atoms with E-state index in [9.17, 15) is 4.79 Å². The third-order valence-electron chi connectivity index (χ3n) is 3.06. The molecule has 1 fully saturated rings. The summed E-state index contributed by atoms with van der Waals surface area (Å²) in [5.41, 5.74) is 0. The monoisotopic (exact) mass is 286 g/mol. The third-order valence-corrected chi connectivity index (χ3v) is 4.72. The van der Waals surface area contributed by atoms with Crippen LogP contribution in [0.3, 0.4) is 0 Å². The van der Waals surface area contributed by atoms with Gasteiger partial charge < -0.3 is 10.2 Å². The van der Waals surface area contributed by atoms with Crippen LogP contribution in [-0.2, 0) is 4.79 Å².